The fourth-order valence-electron chi connectivity index (χ4n) is 2.74. The molecule has 0 amide bonds. The number of methoxy groups -OCH3 is 1. The van der Waals surface area contributed by atoms with Crippen molar-refractivity contribution in [2.24, 2.45) is 0 Å². The predicted octanol–water partition coefficient (Wildman–Crippen LogP) is 5.29. The average Bonchev–Trinajstić information content (AvgIpc) is 2.56. The van der Waals surface area contributed by atoms with E-state index in [9.17, 15) is 9.59 Å². The van der Waals surface area contributed by atoms with Crippen LogP contribution in [0, 0.1) is 0 Å². The van der Waals surface area contributed by atoms with Gasteiger partial charge >= 0.3 is 5.97 Å². The van der Waals surface area contributed by atoms with Crippen molar-refractivity contribution in [3.63, 3.8) is 0 Å². The van der Waals surface area contributed by atoms with Crippen molar-refractivity contribution in [3.8, 4) is 0 Å². The zero-order chi connectivity index (χ0) is 17.1. The van der Waals surface area contributed by atoms with E-state index in [2.05, 4.69) is 23.8 Å². The van der Waals surface area contributed by atoms with Crippen LogP contribution in [0.1, 0.15) is 87.1 Å². The number of hydrogen-bond donors (Lipinski definition) is 0. The van der Waals surface area contributed by atoms with Crippen molar-refractivity contribution >= 4 is 11.8 Å². The SMILES string of the molecule is COC(=O)CCCCCCCC[C@@H](C)c1ccc(C(C)=O)cc1. The van der Waals surface area contributed by atoms with Gasteiger partial charge in [0.25, 0.3) is 0 Å². The maximum Gasteiger partial charge on any atom is 0.305 e. The minimum atomic E-state index is -0.102. The lowest BCUT2D eigenvalue weighted by Gasteiger charge is -2.12. The van der Waals surface area contributed by atoms with Gasteiger partial charge in [-0.1, -0.05) is 63.3 Å². The smallest absolute Gasteiger partial charge is 0.305 e. The highest BCUT2D eigenvalue weighted by atomic mass is 16.5. The van der Waals surface area contributed by atoms with Gasteiger partial charge < -0.3 is 4.74 Å². The summed E-state index contributed by atoms with van der Waals surface area (Å²) in [4.78, 5) is 22.2. The van der Waals surface area contributed by atoms with Gasteiger partial charge in [0, 0.05) is 12.0 Å². The minimum absolute atomic E-state index is 0.102. The van der Waals surface area contributed by atoms with Crippen molar-refractivity contribution in [3.05, 3.63) is 35.4 Å². The van der Waals surface area contributed by atoms with Gasteiger partial charge in [-0.05, 0) is 31.2 Å². The monoisotopic (exact) mass is 318 g/mol. The summed E-state index contributed by atoms with van der Waals surface area (Å²) in [7, 11) is 1.44. The summed E-state index contributed by atoms with van der Waals surface area (Å²) in [5, 5.41) is 0. The number of rotatable bonds is 11. The molecule has 1 rings (SSSR count). The van der Waals surface area contributed by atoms with E-state index in [-0.39, 0.29) is 11.8 Å². The van der Waals surface area contributed by atoms with Gasteiger partial charge in [0.15, 0.2) is 5.78 Å². The van der Waals surface area contributed by atoms with Crippen LogP contribution in [0.15, 0.2) is 24.3 Å². The first-order chi connectivity index (χ1) is 11.0. The highest BCUT2D eigenvalue weighted by Gasteiger charge is 2.06. The number of unbranched alkanes of at least 4 members (excludes halogenated alkanes) is 5. The zero-order valence-electron chi connectivity index (χ0n) is 14.8. The summed E-state index contributed by atoms with van der Waals surface area (Å²) in [5.74, 6) is 0.557. The maximum absolute atomic E-state index is 11.3. The van der Waals surface area contributed by atoms with E-state index in [1.165, 1.54) is 44.8 Å². The number of esters is 1. The summed E-state index contributed by atoms with van der Waals surface area (Å²) in [6.45, 7) is 3.85. The Bertz CT molecular complexity index is 476. The summed E-state index contributed by atoms with van der Waals surface area (Å²) < 4.78 is 4.63. The van der Waals surface area contributed by atoms with Gasteiger partial charge in [0.2, 0.25) is 0 Å². The number of ketones is 1. The molecule has 1 atom stereocenters. The molecule has 0 fully saturated rings. The lowest BCUT2D eigenvalue weighted by Crippen LogP contribution is -1.99. The Morgan fingerprint density at radius 1 is 0.957 bits per heavy atom. The number of benzene rings is 1. The molecule has 0 aliphatic carbocycles. The first-order valence-electron chi connectivity index (χ1n) is 8.72. The molecular weight excluding hydrogens is 288 g/mol. The molecule has 0 bridgehead atoms. The van der Waals surface area contributed by atoms with Crippen molar-refractivity contribution < 1.29 is 14.3 Å². The predicted molar refractivity (Wildman–Crippen MR) is 93.8 cm³/mol. The summed E-state index contributed by atoms with van der Waals surface area (Å²) in [6, 6.07) is 8.01. The normalized spacial score (nSPS) is 12.0. The molecule has 1 aromatic carbocycles. The first kappa shape index (κ1) is 19.4. The van der Waals surface area contributed by atoms with E-state index in [0.717, 1.165) is 18.4 Å². The van der Waals surface area contributed by atoms with Crippen LogP contribution in [0.5, 0.6) is 0 Å². The molecule has 1 aromatic rings. The average molecular weight is 318 g/mol. The third-order valence-corrected chi connectivity index (χ3v) is 4.38. The topological polar surface area (TPSA) is 43.4 Å². The van der Waals surface area contributed by atoms with Crippen LogP contribution in [-0.2, 0) is 9.53 Å². The van der Waals surface area contributed by atoms with Crippen LogP contribution in [0.25, 0.3) is 0 Å². The zero-order valence-corrected chi connectivity index (χ0v) is 14.8. The molecular formula is C20H30O3. The van der Waals surface area contributed by atoms with Gasteiger partial charge in [-0.2, -0.15) is 0 Å². The lowest BCUT2D eigenvalue weighted by atomic mass is 9.93. The minimum Gasteiger partial charge on any atom is -0.469 e. The Balaban J connectivity index is 2.11. The molecule has 0 saturated heterocycles. The second-order valence-electron chi connectivity index (χ2n) is 6.32. The number of ether oxygens (including phenoxy) is 1. The van der Waals surface area contributed by atoms with Crippen LogP contribution in [0.4, 0.5) is 0 Å². The van der Waals surface area contributed by atoms with E-state index in [1.807, 2.05) is 12.1 Å². The third-order valence-electron chi connectivity index (χ3n) is 4.38. The van der Waals surface area contributed by atoms with Gasteiger partial charge in [-0.25, -0.2) is 0 Å². The Morgan fingerprint density at radius 2 is 1.52 bits per heavy atom. The summed E-state index contributed by atoms with van der Waals surface area (Å²) in [5.41, 5.74) is 2.10. The number of carbonyl (C=O) groups excluding carboxylic acids is 2. The van der Waals surface area contributed by atoms with Crippen molar-refractivity contribution in [1.29, 1.82) is 0 Å². The van der Waals surface area contributed by atoms with E-state index in [0.29, 0.717) is 12.3 Å². The van der Waals surface area contributed by atoms with Crippen LogP contribution in [0.3, 0.4) is 0 Å². The second-order valence-corrected chi connectivity index (χ2v) is 6.32. The highest BCUT2D eigenvalue weighted by Crippen LogP contribution is 2.22. The Hall–Kier alpha value is -1.64. The summed E-state index contributed by atoms with van der Waals surface area (Å²) >= 11 is 0. The van der Waals surface area contributed by atoms with Crippen LogP contribution >= 0.6 is 0 Å². The van der Waals surface area contributed by atoms with Gasteiger partial charge in [-0.15, -0.1) is 0 Å². The number of hydrogen-bond acceptors (Lipinski definition) is 3. The molecule has 0 heterocycles. The standard InChI is InChI=1S/C20H30O3/c1-16(18-12-14-19(15-13-18)17(2)21)10-8-6-4-5-7-9-11-20(22)23-3/h12-16H,4-11H2,1-3H3/t16-/m1/s1. The Morgan fingerprint density at radius 3 is 2.09 bits per heavy atom. The van der Waals surface area contributed by atoms with Gasteiger partial charge in [0.1, 0.15) is 0 Å². The quantitative estimate of drug-likeness (QED) is 0.316. The first-order valence-corrected chi connectivity index (χ1v) is 8.72. The number of Topliss-reactive ketones (excluding diaryl/α,β-unsaturated/α-hetero) is 1. The molecule has 0 radical (unpaired) electrons. The molecule has 3 nitrogen and oxygen atoms in total. The van der Waals surface area contributed by atoms with Gasteiger partial charge in [0.05, 0.1) is 7.11 Å². The largest absolute Gasteiger partial charge is 0.469 e. The molecule has 0 aliphatic heterocycles. The van der Waals surface area contributed by atoms with E-state index in [4.69, 9.17) is 0 Å². The molecule has 0 spiro atoms. The Labute approximate surface area is 140 Å². The van der Waals surface area contributed by atoms with Crippen molar-refractivity contribution in [2.75, 3.05) is 7.11 Å². The van der Waals surface area contributed by atoms with Crippen molar-refractivity contribution in [2.45, 2.75) is 71.1 Å². The van der Waals surface area contributed by atoms with Crippen molar-refractivity contribution in [1.82, 2.24) is 0 Å². The fraction of sp³-hybridized carbons (Fsp3) is 0.600. The van der Waals surface area contributed by atoms with E-state index in [1.54, 1.807) is 6.92 Å². The highest BCUT2D eigenvalue weighted by molar-refractivity contribution is 5.94. The van der Waals surface area contributed by atoms with Crippen LogP contribution in [0.2, 0.25) is 0 Å². The molecule has 128 valence electrons. The second kappa shape index (κ2) is 11.0. The molecule has 0 N–H and O–H groups in total. The molecule has 0 saturated carbocycles. The Kier molecular flexibility index (Phi) is 9.27. The molecule has 23 heavy (non-hydrogen) atoms. The van der Waals surface area contributed by atoms with Gasteiger partial charge in [-0.3, -0.25) is 9.59 Å². The fourth-order valence-corrected chi connectivity index (χ4v) is 2.74. The van der Waals surface area contributed by atoms with Crippen LogP contribution < -0.4 is 0 Å². The molecule has 0 aromatic heterocycles. The maximum atomic E-state index is 11.3. The molecule has 3 heteroatoms. The molecule has 0 unspecified atom stereocenters. The van der Waals surface area contributed by atoms with E-state index < -0.39 is 0 Å². The number of carbonyl (C=O) groups is 2. The third kappa shape index (κ3) is 7.96. The van der Waals surface area contributed by atoms with E-state index >= 15 is 0 Å². The van der Waals surface area contributed by atoms with Crippen LogP contribution in [-0.4, -0.2) is 18.9 Å². The molecule has 0 aliphatic rings. The summed E-state index contributed by atoms with van der Waals surface area (Å²) in [6.07, 6.45) is 8.67. The lowest BCUT2D eigenvalue weighted by molar-refractivity contribution is -0.140.